The van der Waals surface area contributed by atoms with Crippen molar-refractivity contribution in [2.45, 2.75) is 46.1 Å². The molecule has 0 atom stereocenters. The van der Waals surface area contributed by atoms with Crippen molar-refractivity contribution in [3.63, 3.8) is 0 Å². The van der Waals surface area contributed by atoms with Crippen molar-refractivity contribution in [3.8, 4) is 28.4 Å². The van der Waals surface area contributed by atoms with E-state index in [1.807, 2.05) is 79.7 Å². The zero-order valence-corrected chi connectivity index (χ0v) is 21.3. The van der Waals surface area contributed by atoms with Crippen molar-refractivity contribution >= 4 is 5.91 Å². The van der Waals surface area contributed by atoms with Crippen molar-refractivity contribution in [2.75, 3.05) is 7.11 Å². The molecule has 0 aliphatic rings. The maximum atomic E-state index is 12.8. The highest BCUT2D eigenvalue weighted by Gasteiger charge is 2.25. The number of para-hydroxylation sites is 2. The van der Waals surface area contributed by atoms with E-state index in [1.54, 1.807) is 7.11 Å². The second-order valence-electron chi connectivity index (χ2n) is 8.94. The molecule has 0 aliphatic carbocycles. The van der Waals surface area contributed by atoms with Crippen LogP contribution in [0.4, 0.5) is 0 Å². The number of carbonyl (C=O) groups is 1. The van der Waals surface area contributed by atoms with Gasteiger partial charge in [0.05, 0.1) is 19.2 Å². The smallest absolute Gasteiger partial charge is 0.251 e. The van der Waals surface area contributed by atoms with Gasteiger partial charge in [-0.15, -0.1) is 0 Å². The summed E-state index contributed by atoms with van der Waals surface area (Å²) >= 11 is 0. The molecule has 0 bridgehead atoms. The first-order valence-corrected chi connectivity index (χ1v) is 12.5. The van der Waals surface area contributed by atoms with Gasteiger partial charge in [-0.3, -0.25) is 4.79 Å². The first-order valence-electron chi connectivity index (χ1n) is 12.5. The summed E-state index contributed by atoms with van der Waals surface area (Å²) in [6.45, 7) is 4.77. The van der Waals surface area contributed by atoms with Crippen LogP contribution in [0, 0.1) is 6.92 Å². The first-order chi connectivity index (χ1) is 17.5. The lowest BCUT2D eigenvalue weighted by Crippen LogP contribution is -2.13. The summed E-state index contributed by atoms with van der Waals surface area (Å²) in [6, 6.07) is 25.6. The Morgan fingerprint density at radius 1 is 0.917 bits per heavy atom. The maximum Gasteiger partial charge on any atom is 0.251 e. The van der Waals surface area contributed by atoms with Gasteiger partial charge in [0.25, 0.3) is 5.91 Å². The van der Waals surface area contributed by atoms with Crippen LogP contribution in [0.3, 0.4) is 0 Å². The van der Waals surface area contributed by atoms with Gasteiger partial charge in [-0.2, -0.15) is 0 Å². The fraction of sp³-hybridized carbons (Fsp3) is 0.258. The Morgan fingerprint density at radius 2 is 1.64 bits per heavy atom. The number of aromatic nitrogens is 1. The number of carbonyl (C=O) groups excluding carboxylic acids is 1. The number of hydrogen-bond donors (Lipinski definition) is 1. The van der Waals surface area contributed by atoms with Crippen LogP contribution in [0.15, 0.2) is 78.9 Å². The summed E-state index contributed by atoms with van der Waals surface area (Å²) in [4.78, 5) is 12.8. The van der Waals surface area contributed by atoms with Gasteiger partial charge in [0.1, 0.15) is 17.2 Å². The number of ether oxygens (including phenoxy) is 2. The molecule has 0 spiro atoms. The molecule has 5 nitrogen and oxygen atoms in total. The molecular weight excluding hydrogens is 448 g/mol. The van der Waals surface area contributed by atoms with Crippen molar-refractivity contribution in [1.29, 1.82) is 0 Å². The van der Waals surface area contributed by atoms with Crippen LogP contribution in [0.25, 0.3) is 11.1 Å². The SMILES string of the molecule is CCCCCc1c(-c2cccc(Oc3ccccc3)c2)c(C(N)=O)c(C)n1Cc1ccccc1OC. The van der Waals surface area contributed by atoms with E-state index in [-0.39, 0.29) is 0 Å². The van der Waals surface area contributed by atoms with Crippen molar-refractivity contribution in [2.24, 2.45) is 5.73 Å². The highest BCUT2D eigenvalue weighted by atomic mass is 16.5. The summed E-state index contributed by atoms with van der Waals surface area (Å²) < 4.78 is 13.9. The van der Waals surface area contributed by atoms with Gasteiger partial charge in [0.2, 0.25) is 0 Å². The van der Waals surface area contributed by atoms with E-state index in [1.165, 1.54) is 0 Å². The molecule has 5 heteroatoms. The molecule has 3 aromatic carbocycles. The Kier molecular flexibility index (Phi) is 8.11. The highest BCUT2D eigenvalue weighted by molar-refractivity contribution is 6.02. The summed E-state index contributed by atoms with van der Waals surface area (Å²) in [5, 5.41) is 0. The predicted molar refractivity (Wildman–Crippen MR) is 145 cm³/mol. The Labute approximate surface area is 213 Å². The second kappa shape index (κ2) is 11.6. The normalized spacial score (nSPS) is 10.9. The minimum Gasteiger partial charge on any atom is -0.496 e. The van der Waals surface area contributed by atoms with Gasteiger partial charge in [-0.1, -0.05) is 68.3 Å². The van der Waals surface area contributed by atoms with Gasteiger partial charge < -0.3 is 19.8 Å². The first kappa shape index (κ1) is 25.1. The van der Waals surface area contributed by atoms with Gasteiger partial charge >= 0.3 is 0 Å². The average Bonchev–Trinajstić information content (AvgIpc) is 3.16. The number of nitrogens with two attached hydrogens (primary N) is 1. The van der Waals surface area contributed by atoms with E-state index in [2.05, 4.69) is 17.6 Å². The van der Waals surface area contributed by atoms with Gasteiger partial charge in [-0.25, -0.2) is 0 Å². The monoisotopic (exact) mass is 482 g/mol. The number of primary amides is 1. The molecule has 0 saturated heterocycles. The summed E-state index contributed by atoms with van der Waals surface area (Å²) in [6.07, 6.45) is 4.10. The third-order valence-corrected chi connectivity index (χ3v) is 6.52. The van der Waals surface area contributed by atoms with Crippen molar-refractivity contribution in [3.05, 3.63) is 101 Å². The molecule has 0 unspecified atom stereocenters. The predicted octanol–water partition coefficient (Wildman–Crippen LogP) is 7.14. The van der Waals surface area contributed by atoms with Crippen LogP contribution < -0.4 is 15.2 Å². The number of nitrogens with zero attached hydrogens (tertiary/aromatic N) is 1. The topological polar surface area (TPSA) is 66.5 Å². The fourth-order valence-electron chi connectivity index (χ4n) is 4.77. The lowest BCUT2D eigenvalue weighted by molar-refractivity contribution is 0.1000. The lowest BCUT2D eigenvalue weighted by Gasteiger charge is -2.16. The van der Waals surface area contributed by atoms with Crippen LogP contribution in [-0.4, -0.2) is 17.6 Å². The van der Waals surface area contributed by atoms with Crippen LogP contribution in [0.5, 0.6) is 17.2 Å². The van der Waals surface area contributed by atoms with Crippen LogP contribution in [0.2, 0.25) is 0 Å². The van der Waals surface area contributed by atoms with Crippen LogP contribution in [-0.2, 0) is 13.0 Å². The Hall–Kier alpha value is -3.99. The molecule has 0 aliphatic heterocycles. The van der Waals surface area contributed by atoms with Crippen molar-refractivity contribution in [1.82, 2.24) is 4.57 Å². The third kappa shape index (κ3) is 5.46. The molecule has 1 aromatic heterocycles. The van der Waals surface area contributed by atoms with E-state index in [0.29, 0.717) is 17.9 Å². The molecule has 4 aromatic rings. The fourth-order valence-corrected chi connectivity index (χ4v) is 4.77. The minimum atomic E-state index is -0.424. The quantitative estimate of drug-likeness (QED) is 0.231. The average molecular weight is 483 g/mol. The standard InChI is InChI=1S/C31H34N2O3/c1-4-5-7-18-27-30(23-14-12-17-26(20-23)36-25-15-8-6-9-16-25)29(31(32)34)22(2)33(27)21-24-13-10-11-19-28(24)35-3/h6,8-17,19-20H,4-5,7,18,21H2,1-3H3,(H2,32,34). The molecule has 1 amide bonds. The summed E-state index contributed by atoms with van der Waals surface area (Å²) in [7, 11) is 1.68. The van der Waals surface area contributed by atoms with Crippen molar-refractivity contribution < 1.29 is 14.3 Å². The summed E-state index contributed by atoms with van der Waals surface area (Å²) in [5.74, 6) is 1.87. The van der Waals surface area contributed by atoms with Gasteiger partial charge in [0.15, 0.2) is 0 Å². The lowest BCUT2D eigenvalue weighted by atomic mass is 9.97. The van der Waals surface area contributed by atoms with Gasteiger partial charge in [-0.05, 0) is 55.7 Å². The number of rotatable bonds is 11. The number of methoxy groups -OCH3 is 1. The molecule has 36 heavy (non-hydrogen) atoms. The molecule has 1 heterocycles. The number of amides is 1. The van der Waals surface area contributed by atoms with Crippen LogP contribution in [0.1, 0.15) is 53.5 Å². The molecular formula is C31H34N2O3. The molecule has 0 saturated carbocycles. The van der Waals surface area contributed by atoms with E-state index >= 15 is 0 Å². The maximum absolute atomic E-state index is 12.8. The van der Waals surface area contributed by atoms with E-state index < -0.39 is 5.91 Å². The van der Waals surface area contributed by atoms with E-state index in [0.717, 1.165) is 65.3 Å². The molecule has 2 N–H and O–H groups in total. The number of unbranched alkanes of at least 4 members (excludes halogenated alkanes) is 2. The Morgan fingerprint density at radius 3 is 2.36 bits per heavy atom. The molecule has 186 valence electrons. The van der Waals surface area contributed by atoms with Gasteiger partial charge in [0, 0.05) is 22.5 Å². The van der Waals surface area contributed by atoms with E-state index in [9.17, 15) is 4.79 Å². The highest BCUT2D eigenvalue weighted by Crippen LogP contribution is 2.37. The second-order valence-corrected chi connectivity index (χ2v) is 8.94. The zero-order chi connectivity index (χ0) is 25.5. The molecule has 0 radical (unpaired) electrons. The number of benzene rings is 3. The molecule has 4 rings (SSSR count). The van der Waals surface area contributed by atoms with E-state index in [4.69, 9.17) is 15.2 Å². The Bertz CT molecular complexity index is 1330. The number of hydrogen-bond acceptors (Lipinski definition) is 3. The Balaban J connectivity index is 1.84. The summed E-state index contributed by atoms with van der Waals surface area (Å²) in [5.41, 5.74) is 11.4. The molecule has 0 fully saturated rings. The largest absolute Gasteiger partial charge is 0.496 e. The van der Waals surface area contributed by atoms with Crippen LogP contribution >= 0.6 is 0 Å². The minimum absolute atomic E-state index is 0.424. The zero-order valence-electron chi connectivity index (χ0n) is 21.3. The third-order valence-electron chi connectivity index (χ3n) is 6.52.